The number of likely N-dealkylation sites (N-methyl/N-ethyl adjacent to an activating group) is 1. The third kappa shape index (κ3) is 1.72. The number of rotatable bonds is 2. The Balaban J connectivity index is 0.00000144. The van der Waals surface area contributed by atoms with E-state index in [1.807, 2.05) is 30.3 Å². The number of para-hydroxylation sites is 1. The van der Waals surface area contributed by atoms with Gasteiger partial charge in [0.05, 0.1) is 0 Å². The lowest BCUT2D eigenvalue weighted by molar-refractivity contribution is -0.113. The Labute approximate surface area is 73.6 Å². The van der Waals surface area contributed by atoms with Gasteiger partial charge in [-0.2, -0.15) is 0 Å². The van der Waals surface area contributed by atoms with Crippen LogP contribution >= 0.6 is 0 Å². The molecular weight excluding hydrogens is 150 g/mol. The van der Waals surface area contributed by atoms with Crippen molar-refractivity contribution in [1.82, 2.24) is 0 Å². The summed E-state index contributed by atoms with van der Waals surface area (Å²) in [5.74, 6) is -0.0961. The monoisotopic (exact) mass is 163 g/mol. The van der Waals surface area contributed by atoms with Crippen LogP contribution in [0.25, 0.3) is 0 Å². The Morgan fingerprint density at radius 2 is 2.08 bits per heavy atom. The Bertz CT molecular complexity index is 284. The van der Waals surface area contributed by atoms with Crippen LogP contribution in [0.15, 0.2) is 43.0 Å². The molecule has 0 saturated carbocycles. The molecule has 0 atom stereocenters. The number of carbonyl (C=O) groups excluding carboxylic acids is 1. The van der Waals surface area contributed by atoms with Gasteiger partial charge in [0.15, 0.2) is 0 Å². The predicted molar refractivity (Wildman–Crippen MR) is 52.2 cm³/mol. The molecule has 0 N–H and O–H groups in total. The molecule has 0 aromatic heterocycles. The highest BCUT2D eigenvalue weighted by atomic mass is 16.2. The molecule has 0 bridgehead atoms. The fourth-order valence-corrected chi connectivity index (χ4v) is 0.916. The van der Waals surface area contributed by atoms with E-state index in [9.17, 15) is 4.79 Å². The lowest BCUT2D eigenvalue weighted by Gasteiger charge is -2.14. The Morgan fingerprint density at radius 3 is 2.58 bits per heavy atom. The van der Waals surface area contributed by atoms with E-state index in [-0.39, 0.29) is 7.33 Å². The Morgan fingerprint density at radius 1 is 1.50 bits per heavy atom. The van der Waals surface area contributed by atoms with Gasteiger partial charge in [-0.15, -0.1) is 0 Å². The van der Waals surface area contributed by atoms with Gasteiger partial charge >= 0.3 is 0 Å². The average molecular weight is 163 g/mol. The first-order valence-electron chi connectivity index (χ1n) is 3.71. The van der Waals surface area contributed by atoms with E-state index in [0.29, 0.717) is 0 Å². The van der Waals surface area contributed by atoms with Crippen LogP contribution in [0.3, 0.4) is 0 Å². The number of hydrogen-bond acceptors (Lipinski definition) is 1. The smallest absolute Gasteiger partial charge is 0.250 e. The van der Waals surface area contributed by atoms with Crippen molar-refractivity contribution in [3.8, 4) is 0 Å². The number of amides is 1. The molecule has 0 aliphatic rings. The van der Waals surface area contributed by atoms with E-state index in [1.54, 1.807) is 11.9 Å². The van der Waals surface area contributed by atoms with Gasteiger partial charge in [0.25, 0.3) is 0 Å². The summed E-state index contributed by atoms with van der Waals surface area (Å²) >= 11 is 0. The molecule has 0 aliphatic carbocycles. The standard InChI is InChI=1S/C10H11NO.H2/c1-3-10(12)11(2)9-7-5-4-6-8-9;/h3-8H,1H2,2H3;1H. The molecule has 64 valence electrons. The van der Waals surface area contributed by atoms with E-state index in [1.165, 1.54) is 6.08 Å². The van der Waals surface area contributed by atoms with Crippen molar-refractivity contribution in [2.45, 2.75) is 0 Å². The lowest BCUT2D eigenvalue weighted by Crippen LogP contribution is -2.23. The highest BCUT2D eigenvalue weighted by molar-refractivity contribution is 6.00. The van der Waals surface area contributed by atoms with Crippen molar-refractivity contribution < 1.29 is 6.22 Å². The molecule has 0 unspecified atom stereocenters. The zero-order valence-electron chi connectivity index (χ0n) is 7.03. The Hall–Kier alpha value is -1.57. The predicted octanol–water partition coefficient (Wildman–Crippen LogP) is 2.08. The van der Waals surface area contributed by atoms with Gasteiger partial charge in [-0.05, 0) is 18.2 Å². The summed E-state index contributed by atoms with van der Waals surface area (Å²) in [7, 11) is 1.72. The fourth-order valence-electron chi connectivity index (χ4n) is 0.916. The molecule has 1 aromatic rings. The average Bonchev–Trinajstić information content (AvgIpc) is 2.17. The molecule has 12 heavy (non-hydrogen) atoms. The maximum Gasteiger partial charge on any atom is 0.250 e. The van der Waals surface area contributed by atoms with Crippen molar-refractivity contribution in [1.29, 1.82) is 0 Å². The summed E-state index contributed by atoms with van der Waals surface area (Å²) in [5, 5.41) is 0. The van der Waals surface area contributed by atoms with Gasteiger partial charge in [-0.1, -0.05) is 24.8 Å². The van der Waals surface area contributed by atoms with Crippen LogP contribution in [0.5, 0.6) is 0 Å². The van der Waals surface area contributed by atoms with Gasteiger partial charge in [0, 0.05) is 14.2 Å². The SMILES string of the molecule is C=CC(=O)N(C)c1ccccc1.[HH]. The van der Waals surface area contributed by atoms with Crippen molar-refractivity contribution in [2.75, 3.05) is 11.9 Å². The lowest BCUT2D eigenvalue weighted by atomic mass is 10.3. The second kappa shape index (κ2) is 3.72. The van der Waals surface area contributed by atoms with Crippen molar-refractivity contribution >= 4 is 11.6 Å². The third-order valence-electron chi connectivity index (χ3n) is 1.65. The quantitative estimate of drug-likeness (QED) is 0.611. The molecule has 0 aliphatic heterocycles. The van der Waals surface area contributed by atoms with E-state index in [4.69, 9.17) is 0 Å². The summed E-state index contributed by atoms with van der Waals surface area (Å²) in [6.07, 6.45) is 1.30. The van der Waals surface area contributed by atoms with Gasteiger partial charge in [-0.25, -0.2) is 0 Å². The molecule has 1 aromatic carbocycles. The molecular formula is C10H13NO. The first-order valence-corrected chi connectivity index (χ1v) is 3.71. The third-order valence-corrected chi connectivity index (χ3v) is 1.65. The molecule has 2 heteroatoms. The van der Waals surface area contributed by atoms with Gasteiger partial charge < -0.3 is 4.90 Å². The zero-order valence-corrected chi connectivity index (χ0v) is 7.03. The Kier molecular flexibility index (Phi) is 2.64. The second-order valence-corrected chi connectivity index (χ2v) is 2.44. The first kappa shape index (κ1) is 8.53. The van der Waals surface area contributed by atoms with Gasteiger partial charge in [0.1, 0.15) is 0 Å². The van der Waals surface area contributed by atoms with Crippen molar-refractivity contribution in [3.63, 3.8) is 0 Å². The molecule has 0 fully saturated rings. The van der Waals surface area contributed by atoms with Crippen molar-refractivity contribution in [3.05, 3.63) is 43.0 Å². The molecule has 1 amide bonds. The number of carbonyl (C=O) groups is 1. The van der Waals surface area contributed by atoms with Gasteiger partial charge in [0.2, 0.25) is 5.91 Å². The minimum atomic E-state index is -0.0961. The van der Waals surface area contributed by atoms with Crippen LogP contribution in [0.4, 0.5) is 5.69 Å². The van der Waals surface area contributed by atoms with Crippen LogP contribution in [0.2, 0.25) is 0 Å². The van der Waals surface area contributed by atoms with Gasteiger partial charge in [-0.3, -0.25) is 4.79 Å². The topological polar surface area (TPSA) is 20.3 Å². The largest absolute Gasteiger partial charge is 0.312 e. The molecule has 0 saturated heterocycles. The normalized spacial score (nSPS) is 9.08. The summed E-state index contributed by atoms with van der Waals surface area (Å²) < 4.78 is 0. The maximum atomic E-state index is 11.1. The highest BCUT2D eigenvalue weighted by Gasteiger charge is 2.04. The highest BCUT2D eigenvalue weighted by Crippen LogP contribution is 2.10. The van der Waals surface area contributed by atoms with Crippen LogP contribution in [-0.2, 0) is 4.79 Å². The maximum absolute atomic E-state index is 11.1. The minimum absolute atomic E-state index is 0. The molecule has 2 nitrogen and oxygen atoms in total. The number of benzene rings is 1. The number of anilines is 1. The zero-order chi connectivity index (χ0) is 8.97. The molecule has 0 spiro atoms. The van der Waals surface area contributed by atoms with E-state index < -0.39 is 0 Å². The summed E-state index contributed by atoms with van der Waals surface area (Å²) in [6, 6.07) is 9.45. The minimum Gasteiger partial charge on any atom is -0.312 e. The van der Waals surface area contributed by atoms with Crippen molar-refractivity contribution in [2.24, 2.45) is 0 Å². The van der Waals surface area contributed by atoms with Crippen LogP contribution in [0, 0.1) is 0 Å². The summed E-state index contributed by atoms with van der Waals surface area (Å²) in [5.41, 5.74) is 0.877. The number of hydrogen-bond donors (Lipinski definition) is 0. The fraction of sp³-hybridized carbons (Fsp3) is 0.100. The summed E-state index contributed by atoms with van der Waals surface area (Å²) in [6.45, 7) is 3.42. The molecule has 0 heterocycles. The molecule has 1 rings (SSSR count). The second-order valence-electron chi connectivity index (χ2n) is 2.44. The summed E-state index contributed by atoms with van der Waals surface area (Å²) in [4.78, 5) is 12.7. The van der Waals surface area contributed by atoms with Crippen LogP contribution in [-0.4, -0.2) is 13.0 Å². The van der Waals surface area contributed by atoms with E-state index in [0.717, 1.165) is 5.69 Å². The number of nitrogens with zero attached hydrogens (tertiary/aromatic N) is 1. The molecule has 0 radical (unpaired) electrons. The van der Waals surface area contributed by atoms with Crippen LogP contribution < -0.4 is 4.90 Å². The van der Waals surface area contributed by atoms with Crippen LogP contribution in [0.1, 0.15) is 1.43 Å². The van der Waals surface area contributed by atoms with E-state index >= 15 is 0 Å². The first-order chi connectivity index (χ1) is 5.75. The van der Waals surface area contributed by atoms with E-state index in [2.05, 4.69) is 6.58 Å².